The van der Waals surface area contributed by atoms with Crippen molar-refractivity contribution in [3.8, 4) is 23.0 Å². The first kappa shape index (κ1) is 20.6. The minimum Gasteiger partial charge on any atom is -0.457 e. The highest BCUT2D eigenvalue weighted by atomic mass is 32.2. The third-order valence-electron chi connectivity index (χ3n) is 5.07. The van der Waals surface area contributed by atoms with E-state index in [4.69, 9.17) is 14.2 Å². The standard InChI is InChI=1S/C22H17N3O7S/c1-25-21(26)17-11-16(7-8-18(17)23-22(25)27)33(28,29)24-13-2-4-14(5-3-13)32-15-6-9-19-20(10-15)31-12-30-19/h2-11,24H,12H2,1H3,(H,23,27). The average Bonchev–Trinajstić information content (AvgIpc) is 3.26. The number of benzene rings is 3. The molecular weight excluding hydrogens is 450 g/mol. The predicted molar refractivity (Wildman–Crippen MR) is 120 cm³/mol. The predicted octanol–water partition coefficient (Wildman–Crippen LogP) is 2.55. The number of hydrogen-bond donors (Lipinski definition) is 2. The Hall–Kier alpha value is -4.25. The lowest BCUT2D eigenvalue weighted by atomic mass is 10.2. The highest BCUT2D eigenvalue weighted by Gasteiger charge is 2.17. The van der Waals surface area contributed by atoms with Gasteiger partial charge < -0.3 is 19.2 Å². The molecule has 3 aromatic carbocycles. The van der Waals surface area contributed by atoms with Crippen LogP contribution in [0.4, 0.5) is 5.69 Å². The molecule has 4 aromatic rings. The van der Waals surface area contributed by atoms with E-state index in [9.17, 15) is 18.0 Å². The van der Waals surface area contributed by atoms with E-state index in [-0.39, 0.29) is 22.6 Å². The van der Waals surface area contributed by atoms with Gasteiger partial charge in [0.05, 0.1) is 15.8 Å². The Balaban J connectivity index is 1.36. The maximum absolute atomic E-state index is 12.8. The summed E-state index contributed by atoms with van der Waals surface area (Å²) in [6.45, 7) is 0.164. The molecule has 0 spiro atoms. The molecule has 2 heterocycles. The van der Waals surface area contributed by atoms with Crippen LogP contribution in [0.5, 0.6) is 23.0 Å². The number of hydrogen-bond acceptors (Lipinski definition) is 7. The summed E-state index contributed by atoms with van der Waals surface area (Å²) in [6.07, 6.45) is 0. The molecule has 0 aliphatic carbocycles. The number of anilines is 1. The van der Waals surface area contributed by atoms with Crippen LogP contribution in [0, 0.1) is 0 Å². The van der Waals surface area contributed by atoms with Crippen LogP contribution in [0.2, 0.25) is 0 Å². The van der Waals surface area contributed by atoms with Crippen molar-refractivity contribution in [2.75, 3.05) is 11.5 Å². The molecule has 0 amide bonds. The fourth-order valence-corrected chi connectivity index (χ4v) is 4.41. The second-order valence-electron chi connectivity index (χ2n) is 7.25. The molecular formula is C22H17N3O7S. The first-order valence-corrected chi connectivity index (χ1v) is 11.2. The summed E-state index contributed by atoms with van der Waals surface area (Å²) >= 11 is 0. The van der Waals surface area contributed by atoms with Crippen molar-refractivity contribution in [3.05, 3.63) is 81.5 Å². The van der Waals surface area contributed by atoms with E-state index in [1.807, 2.05) is 0 Å². The molecule has 5 rings (SSSR count). The van der Waals surface area contributed by atoms with Gasteiger partial charge in [0.2, 0.25) is 6.79 Å². The number of ether oxygens (including phenoxy) is 3. The van der Waals surface area contributed by atoms with Crippen molar-refractivity contribution in [1.82, 2.24) is 9.55 Å². The SMILES string of the molecule is Cn1c(=O)[nH]c2ccc(S(=O)(=O)Nc3ccc(Oc4ccc5c(c4)OCO5)cc3)cc2c1=O. The Morgan fingerprint density at radius 2 is 1.67 bits per heavy atom. The van der Waals surface area contributed by atoms with E-state index in [0.29, 0.717) is 28.7 Å². The summed E-state index contributed by atoms with van der Waals surface area (Å²) in [5, 5.41) is 0.0902. The molecule has 10 nitrogen and oxygen atoms in total. The first-order chi connectivity index (χ1) is 15.8. The molecule has 0 fully saturated rings. The molecule has 168 valence electrons. The Labute approximate surface area is 187 Å². The van der Waals surface area contributed by atoms with E-state index < -0.39 is 21.3 Å². The number of rotatable bonds is 5. The Morgan fingerprint density at radius 1 is 0.939 bits per heavy atom. The van der Waals surface area contributed by atoms with E-state index >= 15 is 0 Å². The molecule has 11 heteroatoms. The zero-order chi connectivity index (χ0) is 23.2. The van der Waals surface area contributed by atoms with Gasteiger partial charge in [0.15, 0.2) is 11.5 Å². The number of nitrogens with zero attached hydrogens (tertiary/aromatic N) is 1. The van der Waals surface area contributed by atoms with Crippen LogP contribution in [0.1, 0.15) is 0 Å². The summed E-state index contributed by atoms with van der Waals surface area (Å²) in [5.74, 6) is 2.27. The van der Waals surface area contributed by atoms with Crippen LogP contribution in [0.25, 0.3) is 10.9 Å². The fourth-order valence-electron chi connectivity index (χ4n) is 3.33. The number of sulfonamides is 1. The largest absolute Gasteiger partial charge is 0.457 e. The zero-order valence-corrected chi connectivity index (χ0v) is 18.0. The van der Waals surface area contributed by atoms with Crippen molar-refractivity contribution < 1.29 is 22.6 Å². The molecule has 0 bridgehead atoms. The molecule has 33 heavy (non-hydrogen) atoms. The zero-order valence-electron chi connectivity index (χ0n) is 17.2. The lowest BCUT2D eigenvalue weighted by Gasteiger charge is -2.11. The average molecular weight is 467 g/mol. The number of aromatic nitrogens is 2. The van der Waals surface area contributed by atoms with Gasteiger partial charge in [0.25, 0.3) is 15.6 Å². The topological polar surface area (TPSA) is 129 Å². The second-order valence-corrected chi connectivity index (χ2v) is 8.93. The Kier molecular flexibility index (Phi) is 4.82. The number of nitrogens with one attached hydrogen (secondary N) is 2. The molecule has 0 radical (unpaired) electrons. The molecule has 1 aromatic heterocycles. The smallest absolute Gasteiger partial charge is 0.328 e. The highest BCUT2D eigenvalue weighted by Crippen LogP contribution is 2.36. The normalized spacial score (nSPS) is 12.6. The quantitative estimate of drug-likeness (QED) is 0.462. The van der Waals surface area contributed by atoms with E-state index in [1.54, 1.807) is 42.5 Å². The van der Waals surface area contributed by atoms with E-state index in [2.05, 4.69) is 9.71 Å². The van der Waals surface area contributed by atoms with Crippen molar-refractivity contribution in [2.45, 2.75) is 4.90 Å². The first-order valence-electron chi connectivity index (χ1n) is 9.74. The van der Waals surface area contributed by atoms with Gasteiger partial charge in [-0.1, -0.05) is 0 Å². The maximum atomic E-state index is 12.8. The maximum Gasteiger partial charge on any atom is 0.328 e. The van der Waals surface area contributed by atoms with Gasteiger partial charge in [0.1, 0.15) is 11.5 Å². The molecule has 1 aliphatic heterocycles. The van der Waals surface area contributed by atoms with Crippen LogP contribution < -0.4 is 30.2 Å². The van der Waals surface area contributed by atoms with Crippen LogP contribution >= 0.6 is 0 Å². The lowest BCUT2D eigenvalue weighted by molar-refractivity contribution is 0.174. The third-order valence-corrected chi connectivity index (χ3v) is 6.45. The van der Waals surface area contributed by atoms with Gasteiger partial charge in [-0.2, -0.15) is 0 Å². The fraction of sp³-hybridized carbons (Fsp3) is 0.0909. The molecule has 0 saturated carbocycles. The van der Waals surface area contributed by atoms with Gasteiger partial charge >= 0.3 is 5.69 Å². The molecule has 0 saturated heterocycles. The minimum absolute atomic E-state index is 0.0902. The van der Waals surface area contributed by atoms with Gasteiger partial charge in [-0.05, 0) is 54.6 Å². The van der Waals surface area contributed by atoms with Crippen molar-refractivity contribution >= 4 is 26.6 Å². The van der Waals surface area contributed by atoms with Gasteiger partial charge in [0, 0.05) is 18.8 Å². The second kappa shape index (κ2) is 7.71. The Morgan fingerprint density at radius 3 is 2.45 bits per heavy atom. The summed E-state index contributed by atoms with van der Waals surface area (Å²) in [5.41, 5.74) is -0.602. The van der Waals surface area contributed by atoms with Crippen molar-refractivity contribution in [2.24, 2.45) is 7.05 Å². The van der Waals surface area contributed by atoms with Crippen molar-refractivity contribution in [3.63, 3.8) is 0 Å². The summed E-state index contributed by atoms with van der Waals surface area (Å²) in [4.78, 5) is 26.5. The van der Waals surface area contributed by atoms with Crippen LogP contribution in [-0.4, -0.2) is 24.8 Å². The van der Waals surface area contributed by atoms with Crippen LogP contribution in [0.3, 0.4) is 0 Å². The third kappa shape index (κ3) is 3.89. The van der Waals surface area contributed by atoms with Gasteiger partial charge in [-0.15, -0.1) is 0 Å². The Bertz CT molecular complexity index is 1610. The summed E-state index contributed by atoms with van der Waals surface area (Å²) in [7, 11) is -2.67. The van der Waals surface area contributed by atoms with Crippen LogP contribution in [0.15, 0.2) is 75.1 Å². The minimum atomic E-state index is -3.98. The molecule has 1 aliphatic rings. The summed E-state index contributed by atoms with van der Waals surface area (Å²) in [6, 6.07) is 15.4. The summed E-state index contributed by atoms with van der Waals surface area (Å²) < 4.78 is 45.4. The van der Waals surface area contributed by atoms with E-state index in [0.717, 1.165) is 4.57 Å². The lowest BCUT2D eigenvalue weighted by Crippen LogP contribution is -2.32. The van der Waals surface area contributed by atoms with E-state index in [1.165, 1.54) is 25.2 Å². The molecule has 0 unspecified atom stereocenters. The molecule has 2 N–H and O–H groups in total. The number of aromatic amines is 1. The highest BCUT2D eigenvalue weighted by molar-refractivity contribution is 7.92. The molecule has 0 atom stereocenters. The monoisotopic (exact) mass is 467 g/mol. The van der Waals surface area contributed by atoms with Gasteiger partial charge in [-0.3, -0.25) is 14.1 Å². The van der Waals surface area contributed by atoms with Gasteiger partial charge in [-0.25, -0.2) is 13.2 Å². The number of H-pyrrole nitrogens is 1. The van der Waals surface area contributed by atoms with Crippen molar-refractivity contribution in [1.29, 1.82) is 0 Å². The van der Waals surface area contributed by atoms with Crippen LogP contribution in [-0.2, 0) is 17.1 Å². The number of fused-ring (bicyclic) bond motifs is 2.